The maximum atomic E-state index is 12.0. The Balaban J connectivity index is 1.84. The summed E-state index contributed by atoms with van der Waals surface area (Å²) in [5.74, 6) is -0.0117. The van der Waals surface area contributed by atoms with E-state index in [4.69, 9.17) is 10.5 Å². The molecule has 0 aromatic heterocycles. The van der Waals surface area contributed by atoms with E-state index in [0.29, 0.717) is 12.2 Å². The minimum absolute atomic E-state index is 0.0117. The Morgan fingerprint density at radius 1 is 1.58 bits per heavy atom. The summed E-state index contributed by atoms with van der Waals surface area (Å²) in [6.07, 6.45) is 2.39. The summed E-state index contributed by atoms with van der Waals surface area (Å²) in [5, 5.41) is 2.86. The lowest BCUT2D eigenvalue weighted by molar-refractivity contribution is -0.118. The van der Waals surface area contributed by atoms with Crippen LogP contribution in [0.1, 0.15) is 12.8 Å². The molecule has 1 heterocycles. The number of nitrogens with one attached hydrogen (secondary N) is 1. The van der Waals surface area contributed by atoms with Crippen LogP contribution in [0.2, 0.25) is 0 Å². The quantitative estimate of drug-likeness (QED) is 0.804. The zero-order valence-electron chi connectivity index (χ0n) is 11.3. The fourth-order valence-electron chi connectivity index (χ4n) is 2.37. The molecular formula is C14H21N3O2. The number of nitrogens with zero attached hydrogens (tertiary/aromatic N) is 1. The lowest BCUT2D eigenvalue weighted by Crippen LogP contribution is -2.43. The average molecular weight is 263 g/mol. The molecule has 1 aromatic carbocycles. The summed E-state index contributed by atoms with van der Waals surface area (Å²) in [4.78, 5) is 14.1. The third kappa shape index (κ3) is 4.22. The lowest BCUT2D eigenvalue weighted by atomic mass is 10.1. The van der Waals surface area contributed by atoms with Crippen molar-refractivity contribution < 1.29 is 9.53 Å². The number of likely N-dealkylation sites (tertiary alicyclic amines) is 1. The number of ether oxygens (including phenoxy) is 1. The van der Waals surface area contributed by atoms with E-state index < -0.39 is 0 Å². The van der Waals surface area contributed by atoms with E-state index in [9.17, 15) is 4.79 Å². The van der Waals surface area contributed by atoms with Crippen molar-refractivity contribution in [3.63, 3.8) is 0 Å². The summed E-state index contributed by atoms with van der Waals surface area (Å²) in [5.41, 5.74) is 7.07. The first-order valence-corrected chi connectivity index (χ1v) is 6.58. The molecule has 19 heavy (non-hydrogen) atoms. The summed E-state index contributed by atoms with van der Waals surface area (Å²) in [6.45, 7) is 2.17. The molecule has 1 fully saturated rings. The number of amides is 1. The van der Waals surface area contributed by atoms with E-state index in [0.717, 1.165) is 31.6 Å². The Kier molecular flexibility index (Phi) is 4.76. The second-order valence-corrected chi connectivity index (χ2v) is 4.91. The maximum absolute atomic E-state index is 12.0. The zero-order valence-corrected chi connectivity index (χ0v) is 11.3. The molecule has 1 atom stereocenters. The van der Waals surface area contributed by atoms with Gasteiger partial charge < -0.3 is 15.8 Å². The SMILES string of the molecule is COC1CCCN(CC(=O)Nc2cccc(N)c2)C1. The van der Waals surface area contributed by atoms with Crippen LogP contribution in [0.25, 0.3) is 0 Å². The van der Waals surface area contributed by atoms with Crippen LogP contribution in [-0.4, -0.2) is 43.7 Å². The molecule has 1 aliphatic heterocycles. The molecule has 0 aliphatic carbocycles. The maximum Gasteiger partial charge on any atom is 0.238 e. The van der Waals surface area contributed by atoms with Crippen LogP contribution in [0.4, 0.5) is 11.4 Å². The molecule has 5 nitrogen and oxygen atoms in total. The number of methoxy groups -OCH3 is 1. The van der Waals surface area contributed by atoms with Gasteiger partial charge in [0.15, 0.2) is 0 Å². The van der Waals surface area contributed by atoms with Crippen molar-refractivity contribution in [1.82, 2.24) is 4.90 Å². The standard InChI is InChI=1S/C14H21N3O2/c1-19-13-6-3-7-17(9-13)10-14(18)16-12-5-2-4-11(15)8-12/h2,4-5,8,13H,3,6-7,9-10,15H2,1H3,(H,16,18). The summed E-state index contributed by atoms with van der Waals surface area (Å²) >= 11 is 0. The van der Waals surface area contributed by atoms with Gasteiger partial charge in [0.05, 0.1) is 12.6 Å². The molecule has 1 saturated heterocycles. The number of carbonyl (C=O) groups is 1. The van der Waals surface area contributed by atoms with Gasteiger partial charge in [-0.3, -0.25) is 9.69 Å². The number of nitrogen functional groups attached to an aromatic ring is 1. The molecule has 3 N–H and O–H groups in total. The van der Waals surface area contributed by atoms with Gasteiger partial charge in [-0.25, -0.2) is 0 Å². The van der Waals surface area contributed by atoms with Crippen LogP contribution in [0.15, 0.2) is 24.3 Å². The van der Waals surface area contributed by atoms with Crippen LogP contribution in [0.3, 0.4) is 0 Å². The van der Waals surface area contributed by atoms with E-state index in [1.165, 1.54) is 0 Å². The molecule has 1 amide bonds. The third-order valence-corrected chi connectivity index (χ3v) is 3.33. The van der Waals surface area contributed by atoms with Gasteiger partial charge in [-0.05, 0) is 37.6 Å². The van der Waals surface area contributed by atoms with Crippen LogP contribution in [0, 0.1) is 0 Å². The van der Waals surface area contributed by atoms with Crippen molar-refractivity contribution in [2.75, 3.05) is 37.8 Å². The topological polar surface area (TPSA) is 67.6 Å². The molecule has 5 heteroatoms. The fraction of sp³-hybridized carbons (Fsp3) is 0.500. The van der Waals surface area contributed by atoms with Gasteiger partial charge in [-0.1, -0.05) is 6.07 Å². The molecular weight excluding hydrogens is 242 g/mol. The van der Waals surface area contributed by atoms with E-state index in [1.807, 2.05) is 12.1 Å². The molecule has 0 radical (unpaired) electrons. The Labute approximate surface area is 113 Å². The Hall–Kier alpha value is -1.59. The predicted octanol–water partition coefficient (Wildman–Crippen LogP) is 1.32. The van der Waals surface area contributed by atoms with Crippen LogP contribution >= 0.6 is 0 Å². The van der Waals surface area contributed by atoms with E-state index in [1.54, 1.807) is 19.2 Å². The van der Waals surface area contributed by atoms with E-state index in [2.05, 4.69) is 10.2 Å². The Morgan fingerprint density at radius 3 is 3.16 bits per heavy atom. The summed E-state index contributed by atoms with van der Waals surface area (Å²) < 4.78 is 5.35. The second-order valence-electron chi connectivity index (χ2n) is 4.91. The molecule has 104 valence electrons. The lowest BCUT2D eigenvalue weighted by Gasteiger charge is -2.31. The zero-order chi connectivity index (χ0) is 13.7. The van der Waals surface area contributed by atoms with Gasteiger partial charge in [-0.2, -0.15) is 0 Å². The van der Waals surface area contributed by atoms with Crippen molar-refractivity contribution in [3.8, 4) is 0 Å². The number of rotatable bonds is 4. The molecule has 1 unspecified atom stereocenters. The predicted molar refractivity (Wildman–Crippen MR) is 76.0 cm³/mol. The smallest absolute Gasteiger partial charge is 0.238 e. The molecule has 1 aliphatic rings. The summed E-state index contributed by atoms with van der Waals surface area (Å²) in [6, 6.07) is 7.21. The first-order chi connectivity index (χ1) is 9.17. The number of nitrogens with two attached hydrogens (primary N) is 1. The minimum Gasteiger partial charge on any atom is -0.399 e. The van der Waals surface area contributed by atoms with Gasteiger partial charge in [0, 0.05) is 25.0 Å². The van der Waals surface area contributed by atoms with Crippen molar-refractivity contribution in [3.05, 3.63) is 24.3 Å². The van der Waals surface area contributed by atoms with Gasteiger partial charge >= 0.3 is 0 Å². The van der Waals surface area contributed by atoms with Crippen molar-refractivity contribution in [2.24, 2.45) is 0 Å². The number of hydrogen-bond acceptors (Lipinski definition) is 4. The second kappa shape index (κ2) is 6.54. The highest BCUT2D eigenvalue weighted by Gasteiger charge is 2.21. The molecule has 0 bridgehead atoms. The van der Waals surface area contributed by atoms with Gasteiger partial charge in [0.1, 0.15) is 0 Å². The number of benzene rings is 1. The van der Waals surface area contributed by atoms with Crippen molar-refractivity contribution in [1.29, 1.82) is 0 Å². The molecule has 1 aromatic rings. The molecule has 2 rings (SSSR count). The largest absolute Gasteiger partial charge is 0.399 e. The highest BCUT2D eigenvalue weighted by atomic mass is 16.5. The minimum atomic E-state index is -0.0117. The third-order valence-electron chi connectivity index (χ3n) is 3.33. The first kappa shape index (κ1) is 13.8. The van der Waals surface area contributed by atoms with E-state index >= 15 is 0 Å². The number of piperidine rings is 1. The average Bonchev–Trinajstić information content (AvgIpc) is 2.38. The van der Waals surface area contributed by atoms with Crippen molar-refractivity contribution >= 4 is 17.3 Å². The highest BCUT2D eigenvalue weighted by Crippen LogP contribution is 2.14. The van der Waals surface area contributed by atoms with Gasteiger partial charge in [0.2, 0.25) is 5.91 Å². The van der Waals surface area contributed by atoms with Gasteiger partial charge in [-0.15, -0.1) is 0 Å². The fourth-order valence-corrected chi connectivity index (χ4v) is 2.37. The molecule has 0 saturated carbocycles. The van der Waals surface area contributed by atoms with Crippen LogP contribution < -0.4 is 11.1 Å². The number of carbonyl (C=O) groups excluding carboxylic acids is 1. The normalized spacial score (nSPS) is 20.2. The first-order valence-electron chi connectivity index (χ1n) is 6.58. The van der Waals surface area contributed by atoms with Crippen molar-refractivity contribution in [2.45, 2.75) is 18.9 Å². The van der Waals surface area contributed by atoms with Crippen LogP contribution in [0.5, 0.6) is 0 Å². The van der Waals surface area contributed by atoms with Gasteiger partial charge in [0.25, 0.3) is 0 Å². The number of hydrogen-bond donors (Lipinski definition) is 2. The van der Waals surface area contributed by atoms with Crippen LogP contribution in [-0.2, 0) is 9.53 Å². The summed E-state index contributed by atoms with van der Waals surface area (Å²) in [7, 11) is 1.72. The molecule has 0 spiro atoms. The highest BCUT2D eigenvalue weighted by molar-refractivity contribution is 5.92. The van der Waals surface area contributed by atoms with E-state index in [-0.39, 0.29) is 12.0 Å². The monoisotopic (exact) mass is 263 g/mol. The Morgan fingerprint density at radius 2 is 2.42 bits per heavy atom. The Bertz CT molecular complexity index is 436. The number of anilines is 2.